The SMILES string of the molecule is N#Cc1cc(N)c(Cc2ccccc2)n1Cc1ccccc1F. The van der Waals surface area contributed by atoms with Crippen LogP contribution in [0.25, 0.3) is 0 Å². The van der Waals surface area contributed by atoms with E-state index in [1.165, 1.54) is 6.07 Å². The summed E-state index contributed by atoms with van der Waals surface area (Å²) < 4.78 is 15.7. The van der Waals surface area contributed by atoms with E-state index in [0.717, 1.165) is 11.3 Å². The van der Waals surface area contributed by atoms with E-state index in [0.29, 0.717) is 23.4 Å². The summed E-state index contributed by atoms with van der Waals surface area (Å²) in [5.74, 6) is -0.283. The van der Waals surface area contributed by atoms with Gasteiger partial charge in [-0.3, -0.25) is 0 Å². The van der Waals surface area contributed by atoms with Crippen molar-refractivity contribution in [1.82, 2.24) is 4.57 Å². The molecule has 1 aromatic heterocycles. The van der Waals surface area contributed by atoms with Crippen LogP contribution in [0.3, 0.4) is 0 Å². The topological polar surface area (TPSA) is 54.7 Å². The van der Waals surface area contributed by atoms with Crippen molar-refractivity contribution in [2.45, 2.75) is 13.0 Å². The number of nitrogen functional groups attached to an aromatic ring is 1. The number of hydrogen-bond acceptors (Lipinski definition) is 2. The fourth-order valence-electron chi connectivity index (χ4n) is 2.67. The number of halogens is 1. The van der Waals surface area contributed by atoms with Crippen molar-refractivity contribution in [2.24, 2.45) is 0 Å². The normalized spacial score (nSPS) is 10.4. The van der Waals surface area contributed by atoms with E-state index in [4.69, 9.17) is 5.73 Å². The number of nitrogens with two attached hydrogens (primary N) is 1. The first-order valence-corrected chi connectivity index (χ1v) is 7.34. The van der Waals surface area contributed by atoms with Crippen LogP contribution >= 0.6 is 0 Å². The van der Waals surface area contributed by atoms with Crippen molar-refractivity contribution in [3.05, 3.63) is 89.0 Å². The van der Waals surface area contributed by atoms with Crippen LogP contribution in [-0.4, -0.2) is 4.57 Å². The van der Waals surface area contributed by atoms with Gasteiger partial charge in [-0.15, -0.1) is 0 Å². The number of nitrogens with zero attached hydrogens (tertiary/aromatic N) is 2. The Bertz CT molecular complexity index is 860. The average Bonchev–Trinajstić information content (AvgIpc) is 2.86. The quantitative estimate of drug-likeness (QED) is 0.798. The highest BCUT2D eigenvalue weighted by molar-refractivity contribution is 5.52. The lowest BCUT2D eigenvalue weighted by molar-refractivity contribution is 0.596. The Morgan fingerprint density at radius 2 is 1.74 bits per heavy atom. The van der Waals surface area contributed by atoms with Crippen LogP contribution in [0.4, 0.5) is 10.1 Å². The van der Waals surface area contributed by atoms with Gasteiger partial charge in [0.1, 0.15) is 17.6 Å². The minimum Gasteiger partial charge on any atom is -0.397 e. The van der Waals surface area contributed by atoms with Crippen molar-refractivity contribution < 1.29 is 4.39 Å². The standard InChI is InChI=1S/C19H16FN3/c20-17-9-5-4-8-15(17)13-23-16(12-21)11-18(22)19(23)10-14-6-2-1-3-7-14/h1-9,11H,10,13,22H2. The molecule has 0 bridgehead atoms. The molecule has 0 radical (unpaired) electrons. The van der Waals surface area contributed by atoms with Crippen LogP contribution in [0.5, 0.6) is 0 Å². The van der Waals surface area contributed by atoms with Crippen LogP contribution in [0.15, 0.2) is 60.7 Å². The van der Waals surface area contributed by atoms with Crippen LogP contribution in [0, 0.1) is 17.1 Å². The lowest BCUT2D eigenvalue weighted by Gasteiger charge is -2.12. The molecule has 0 spiro atoms. The lowest BCUT2D eigenvalue weighted by Crippen LogP contribution is -2.09. The summed E-state index contributed by atoms with van der Waals surface area (Å²) in [5.41, 5.74) is 9.55. The van der Waals surface area contributed by atoms with Gasteiger partial charge in [-0.25, -0.2) is 4.39 Å². The van der Waals surface area contributed by atoms with Gasteiger partial charge in [0.2, 0.25) is 0 Å². The molecule has 2 N–H and O–H groups in total. The summed E-state index contributed by atoms with van der Waals surface area (Å²) in [4.78, 5) is 0. The van der Waals surface area contributed by atoms with Gasteiger partial charge < -0.3 is 10.3 Å². The first-order valence-electron chi connectivity index (χ1n) is 7.34. The summed E-state index contributed by atoms with van der Waals surface area (Å²) >= 11 is 0. The van der Waals surface area contributed by atoms with Crippen molar-refractivity contribution in [2.75, 3.05) is 5.73 Å². The molecule has 0 saturated heterocycles. The van der Waals surface area contributed by atoms with Gasteiger partial charge in [-0.1, -0.05) is 48.5 Å². The molecule has 3 rings (SSSR count). The van der Waals surface area contributed by atoms with Gasteiger partial charge >= 0.3 is 0 Å². The van der Waals surface area contributed by atoms with Gasteiger partial charge in [0.05, 0.1) is 12.2 Å². The van der Waals surface area contributed by atoms with Crippen molar-refractivity contribution in [3.8, 4) is 6.07 Å². The van der Waals surface area contributed by atoms with E-state index in [-0.39, 0.29) is 12.4 Å². The summed E-state index contributed by atoms with van der Waals surface area (Å²) in [7, 11) is 0. The van der Waals surface area contributed by atoms with Crippen LogP contribution < -0.4 is 5.73 Å². The molecule has 0 fully saturated rings. The molecular weight excluding hydrogens is 289 g/mol. The molecule has 23 heavy (non-hydrogen) atoms. The summed E-state index contributed by atoms with van der Waals surface area (Å²) in [6.45, 7) is 0.287. The number of nitriles is 1. The minimum absolute atomic E-state index is 0.283. The number of benzene rings is 2. The van der Waals surface area contributed by atoms with Crippen molar-refractivity contribution in [1.29, 1.82) is 5.26 Å². The zero-order valence-electron chi connectivity index (χ0n) is 12.5. The molecule has 3 aromatic rings. The molecule has 0 unspecified atom stereocenters. The maximum Gasteiger partial charge on any atom is 0.128 e. The Hall–Kier alpha value is -3.06. The third-order valence-electron chi connectivity index (χ3n) is 3.86. The maximum atomic E-state index is 13.9. The Labute approximate surface area is 134 Å². The number of rotatable bonds is 4. The molecule has 0 aliphatic carbocycles. The second kappa shape index (κ2) is 6.37. The molecular formula is C19H16FN3. The van der Waals surface area contributed by atoms with E-state index < -0.39 is 0 Å². The lowest BCUT2D eigenvalue weighted by atomic mass is 10.1. The Kier molecular flexibility index (Phi) is 4.11. The van der Waals surface area contributed by atoms with E-state index in [2.05, 4.69) is 6.07 Å². The maximum absolute atomic E-state index is 13.9. The molecule has 0 aliphatic rings. The Morgan fingerprint density at radius 1 is 1.04 bits per heavy atom. The fraction of sp³-hybridized carbons (Fsp3) is 0.105. The largest absolute Gasteiger partial charge is 0.397 e. The molecule has 1 heterocycles. The van der Waals surface area contributed by atoms with Crippen LogP contribution in [0.1, 0.15) is 22.5 Å². The number of hydrogen-bond donors (Lipinski definition) is 1. The zero-order chi connectivity index (χ0) is 16.2. The number of anilines is 1. The third kappa shape index (κ3) is 3.09. The van der Waals surface area contributed by atoms with E-state index >= 15 is 0 Å². The third-order valence-corrected chi connectivity index (χ3v) is 3.86. The first kappa shape index (κ1) is 14.9. The highest BCUT2D eigenvalue weighted by Gasteiger charge is 2.15. The molecule has 114 valence electrons. The number of aromatic nitrogens is 1. The molecule has 0 amide bonds. The molecule has 2 aromatic carbocycles. The van der Waals surface area contributed by atoms with Crippen LogP contribution in [0.2, 0.25) is 0 Å². The van der Waals surface area contributed by atoms with Gasteiger partial charge in [0, 0.05) is 17.7 Å². The second-order valence-corrected chi connectivity index (χ2v) is 5.38. The van der Waals surface area contributed by atoms with Gasteiger partial charge in [-0.05, 0) is 17.7 Å². The average molecular weight is 305 g/mol. The predicted molar refractivity (Wildman–Crippen MR) is 88.3 cm³/mol. The van der Waals surface area contributed by atoms with E-state index in [9.17, 15) is 9.65 Å². The fourth-order valence-corrected chi connectivity index (χ4v) is 2.67. The Morgan fingerprint density at radius 3 is 2.43 bits per heavy atom. The zero-order valence-corrected chi connectivity index (χ0v) is 12.5. The van der Waals surface area contributed by atoms with Gasteiger partial charge in [-0.2, -0.15) is 5.26 Å². The van der Waals surface area contributed by atoms with E-state index in [1.807, 2.05) is 30.3 Å². The highest BCUT2D eigenvalue weighted by atomic mass is 19.1. The first-order chi connectivity index (χ1) is 11.2. The van der Waals surface area contributed by atoms with Crippen molar-refractivity contribution >= 4 is 5.69 Å². The molecule has 0 aliphatic heterocycles. The van der Waals surface area contributed by atoms with Gasteiger partial charge in [0.15, 0.2) is 0 Å². The van der Waals surface area contributed by atoms with Crippen molar-refractivity contribution in [3.63, 3.8) is 0 Å². The minimum atomic E-state index is -0.283. The van der Waals surface area contributed by atoms with Crippen LogP contribution in [-0.2, 0) is 13.0 Å². The van der Waals surface area contributed by atoms with Gasteiger partial charge in [0.25, 0.3) is 0 Å². The smallest absolute Gasteiger partial charge is 0.128 e. The molecule has 0 saturated carbocycles. The molecule has 3 nitrogen and oxygen atoms in total. The van der Waals surface area contributed by atoms with E-state index in [1.54, 1.807) is 28.8 Å². The summed E-state index contributed by atoms with van der Waals surface area (Å²) in [6, 6.07) is 20.3. The monoisotopic (exact) mass is 305 g/mol. The summed E-state index contributed by atoms with van der Waals surface area (Å²) in [6.07, 6.45) is 0.600. The second-order valence-electron chi connectivity index (χ2n) is 5.38. The molecule has 4 heteroatoms. The predicted octanol–water partition coefficient (Wildman–Crippen LogP) is 3.72. The Balaban J connectivity index is 2.01. The highest BCUT2D eigenvalue weighted by Crippen LogP contribution is 2.23. The summed E-state index contributed by atoms with van der Waals surface area (Å²) in [5, 5.41) is 9.35. The molecule has 0 atom stereocenters.